The normalized spacial score (nSPS) is 11.0. The second-order valence-corrected chi connectivity index (χ2v) is 8.19. The quantitative estimate of drug-likeness (QED) is 0.421. The molecule has 1 N–H and O–H groups in total. The Hall–Kier alpha value is -2.91. The van der Waals surface area contributed by atoms with Gasteiger partial charge in [0.25, 0.3) is 11.1 Å². The summed E-state index contributed by atoms with van der Waals surface area (Å²) in [5.74, 6) is 1.68. The number of thioether (sulfide) groups is 1. The van der Waals surface area contributed by atoms with Gasteiger partial charge in [0.05, 0.1) is 23.9 Å². The Morgan fingerprint density at radius 2 is 2.07 bits per heavy atom. The SMILES string of the molecule is Cc1ccccc1NC(=O)Cc1nc(CSc2nnc(-c3ccoc3C)o2)cs1. The highest BCUT2D eigenvalue weighted by Crippen LogP contribution is 2.28. The third-order valence-electron chi connectivity index (χ3n) is 4.17. The fourth-order valence-corrected chi connectivity index (χ4v) is 4.21. The van der Waals surface area contributed by atoms with Crippen molar-refractivity contribution in [3.05, 3.63) is 64.0 Å². The van der Waals surface area contributed by atoms with E-state index in [0.29, 0.717) is 16.9 Å². The molecule has 29 heavy (non-hydrogen) atoms. The van der Waals surface area contributed by atoms with Crippen molar-refractivity contribution in [1.82, 2.24) is 15.2 Å². The van der Waals surface area contributed by atoms with Gasteiger partial charge in [-0.1, -0.05) is 30.0 Å². The molecule has 3 aromatic heterocycles. The number of carbonyl (C=O) groups excluding carboxylic acids is 1. The maximum absolute atomic E-state index is 12.3. The molecule has 148 valence electrons. The van der Waals surface area contributed by atoms with E-state index < -0.39 is 0 Å². The lowest BCUT2D eigenvalue weighted by Crippen LogP contribution is -2.15. The zero-order valence-electron chi connectivity index (χ0n) is 15.8. The number of nitrogens with zero attached hydrogens (tertiary/aromatic N) is 3. The van der Waals surface area contributed by atoms with Crippen LogP contribution in [-0.2, 0) is 17.0 Å². The molecule has 0 radical (unpaired) electrons. The summed E-state index contributed by atoms with van der Waals surface area (Å²) in [5, 5.41) is 14.2. The molecule has 4 aromatic rings. The van der Waals surface area contributed by atoms with Gasteiger partial charge >= 0.3 is 0 Å². The molecule has 1 aromatic carbocycles. The molecule has 0 atom stereocenters. The van der Waals surface area contributed by atoms with E-state index in [1.54, 1.807) is 12.3 Å². The highest BCUT2D eigenvalue weighted by molar-refractivity contribution is 7.98. The molecule has 9 heteroatoms. The lowest BCUT2D eigenvalue weighted by Gasteiger charge is -2.06. The predicted molar refractivity (Wildman–Crippen MR) is 112 cm³/mol. The number of aromatic nitrogens is 3. The Balaban J connectivity index is 1.32. The van der Waals surface area contributed by atoms with Gasteiger partial charge < -0.3 is 14.2 Å². The lowest BCUT2D eigenvalue weighted by atomic mass is 10.2. The Morgan fingerprint density at radius 1 is 1.21 bits per heavy atom. The second kappa shape index (κ2) is 8.62. The molecule has 0 spiro atoms. The molecule has 0 saturated heterocycles. The third kappa shape index (κ3) is 4.75. The monoisotopic (exact) mass is 426 g/mol. The highest BCUT2D eigenvalue weighted by Gasteiger charge is 2.14. The molecule has 0 bridgehead atoms. The van der Waals surface area contributed by atoms with Crippen molar-refractivity contribution in [2.24, 2.45) is 0 Å². The first-order chi connectivity index (χ1) is 14.1. The number of anilines is 1. The van der Waals surface area contributed by atoms with Crippen LogP contribution in [0.25, 0.3) is 11.5 Å². The average molecular weight is 427 g/mol. The molecule has 0 unspecified atom stereocenters. The second-order valence-electron chi connectivity index (χ2n) is 6.32. The number of carbonyl (C=O) groups is 1. The topological polar surface area (TPSA) is 94.1 Å². The predicted octanol–water partition coefficient (Wildman–Crippen LogP) is 4.88. The number of nitrogens with one attached hydrogen (secondary N) is 1. The molecule has 0 aliphatic heterocycles. The number of aryl methyl sites for hydroxylation is 2. The summed E-state index contributed by atoms with van der Waals surface area (Å²) in [6.45, 7) is 3.81. The van der Waals surface area contributed by atoms with E-state index in [0.717, 1.165) is 33.3 Å². The van der Waals surface area contributed by atoms with Gasteiger partial charge in [-0.15, -0.1) is 21.5 Å². The Kier molecular flexibility index (Phi) is 5.77. The highest BCUT2D eigenvalue weighted by atomic mass is 32.2. The summed E-state index contributed by atoms with van der Waals surface area (Å²) in [4.78, 5) is 16.8. The number of hydrogen-bond acceptors (Lipinski definition) is 8. The summed E-state index contributed by atoms with van der Waals surface area (Å²) >= 11 is 2.88. The van der Waals surface area contributed by atoms with Crippen LogP contribution in [0.15, 0.2) is 56.0 Å². The fraction of sp³-hybridized carbons (Fsp3) is 0.200. The van der Waals surface area contributed by atoms with Gasteiger partial charge in [-0.2, -0.15) is 0 Å². The van der Waals surface area contributed by atoms with Crippen LogP contribution in [0.4, 0.5) is 5.69 Å². The Morgan fingerprint density at radius 3 is 2.86 bits per heavy atom. The van der Waals surface area contributed by atoms with Crippen molar-refractivity contribution in [1.29, 1.82) is 0 Å². The van der Waals surface area contributed by atoms with Crippen LogP contribution >= 0.6 is 23.1 Å². The van der Waals surface area contributed by atoms with Gasteiger partial charge in [-0.25, -0.2) is 4.98 Å². The van der Waals surface area contributed by atoms with Crippen LogP contribution in [0.1, 0.15) is 22.0 Å². The van der Waals surface area contributed by atoms with Crippen LogP contribution < -0.4 is 5.32 Å². The number of para-hydroxylation sites is 1. The maximum Gasteiger partial charge on any atom is 0.277 e. The standard InChI is InChI=1S/C20H18N4O3S2/c1-12-5-3-4-6-16(12)22-17(25)9-18-21-14(10-28-18)11-29-20-24-23-19(27-20)15-7-8-26-13(15)2/h3-8,10H,9,11H2,1-2H3,(H,22,25). The summed E-state index contributed by atoms with van der Waals surface area (Å²) < 4.78 is 10.9. The number of amides is 1. The van der Waals surface area contributed by atoms with Gasteiger partial charge in [0.15, 0.2) is 0 Å². The summed E-state index contributed by atoms with van der Waals surface area (Å²) in [6, 6.07) is 9.49. The smallest absolute Gasteiger partial charge is 0.277 e. The van der Waals surface area contributed by atoms with Crippen LogP contribution in [0.5, 0.6) is 0 Å². The first-order valence-electron chi connectivity index (χ1n) is 8.88. The van der Waals surface area contributed by atoms with E-state index in [1.807, 2.05) is 43.5 Å². The van der Waals surface area contributed by atoms with Crippen molar-refractivity contribution < 1.29 is 13.6 Å². The number of hydrogen-bond donors (Lipinski definition) is 1. The van der Waals surface area contributed by atoms with E-state index in [4.69, 9.17) is 8.83 Å². The largest absolute Gasteiger partial charge is 0.469 e. The van der Waals surface area contributed by atoms with Crippen LogP contribution in [0.3, 0.4) is 0 Å². The van der Waals surface area contributed by atoms with E-state index in [9.17, 15) is 4.79 Å². The summed E-state index contributed by atoms with van der Waals surface area (Å²) in [5.41, 5.74) is 3.52. The van der Waals surface area contributed by atoms with Crippen LogP contribution in [-0.4, -0.2) is 21.1 Å². The number of benzene rings is 1. The van der Waals surface area contributed by atoms with Gasteiger partial charge in [-0.05, 0) is 31.5 Å². The minimum Gasteiger partial charge on any atom is -0.469 e. The van der Waals surface area contributed by atoms with Gasteiger partial charge in [0.2, 0.25) is 5.91 Å². The van der Waals surface area contributed by atoms with E-state index >= 15 is 0 Å². The van der Waals surface area contributed by atoms with Crippen molar-refractivity contribution in [3.63, 3.8) is 0 Å². The lowest BCUT2D eigenvalue weighted by molar-refractivity contribution is -0.115. The molecule has 0 aliphatic carbocycles. The number of rotatable bonds is 7. The maximum atomic E-state index is 12.3. The minimum absolute atomic E-state index is 0.0788. The summed E-state index contributed by atoms with van der Waals surface area (Å²) in [6.07, 6.45) is 1.84. The minimum atomic E-state index is -0.0788. The van der Waals surface area contributed by atoms with E-state index in [-0.39, 0.29) is 12.3 Å². The van der Waals surface area contributed by atoms with Crippen molar-refractivity contribution >= 4 is 34.7 Å². The fourth-order valence-electron chi connectivity index (χ4n) is 2.66. The molecule has 4 rings (SSSR count). The van der Waals surface area contributed by atoms with Gasteiger partial charge in [0, 0.05) is 16.8 Å². The third-order valence-corrected chi connectivity index (χ3v) is 5.92. The molecule has 1 amide bonds. The first-order valence-corrected chi connectivity index (χ1v) is 10.7. The molecule has 0 fully saturated rings. The molecular formula is C20H18N4O3S2. The Bertz CT molecular complexity index is 1130. The first kappa shape index (κ1) is 19.4. The Labute approximate surface area is 175 Å². The van der Waals surface area contributed by atoms with Crippen molar-refractivity contribution in [2.75, 3.05) is 5.32 Å². The molecule has 0 aliphatic rings. The van der Waals surface area contributed by atoms with Crippen molar-refractivity contribution in [2.45, 2.75) is 31.2 Å². The van der Waals surface area contributed by atoms with E-state index in [1.165, 1.54) is 23.1 Å². The van der Waals surface area contributed by atoms with Gasteiger partial charge in [-0.3, -0.25) is 4.79 Å². The number of thiazole rings is 1. The van der Waals surface area contributed by atoms with Crippen molar-refractivity contribution in [3.8, 4) is 11.5 Å². The van der Waals surface area contributed by atoms with E-state index in [2.05, 4.69) is 20.5 Å². The zero-order valence-corrected chi connectivity index (χ0v) is 17.5. The zero-order chi connectivity index (χ0) is 20.2. The molecular weight excluding hydrogens is 408 g/mol. The van der Waals surface area contributed by atoms with Gasteiger partial charge in [0.1, 0.15) is 10.8 Å². The molecule has 0 saturated carbocycles. The summed E-state index contributed by atoms with van der Waals surface area (Å²) in [7, 11) is 0. The number of furan rings is 1. The molecule has 3 heterocycles. The van der Waals surface area contributed by atoms with Crippen LogP contribution in [0.2, 0.25) is 0 Å². The molecule has 7 nitrogen and oxygen atoms in total. The van der Waals surface area contributed by atoms with Crippen LogP contribution in [0, 0.1) is 13.8 Å². The average Bonchev–Trinajstić information content (AvgIpc) is 3.43.